The highest BCUT2D eigenvalue weighted by Crippen LogP contribution is 2.31. The number of rotatable bonds is 3. The average molecular weight is 265 g/mol. The Morgan fingerprint density at radius 2 is 1.89 bits per heavy atom. The van der Waals surface area contributed by atoms with Crippen molar-refractivity contribution < 1.29 is 0 Å². The predicted molar refractivity (Wildman–Crippen MR) is 80.4 cm³/mol. The highest BCUT2D eigenvalue weighted by atomic mass is 15.3. The van der Waals surface area contributed by atoms with E-state index in [4.69, 9.17) is 0 Å². The molecule has 3 heteroatoms. The molecule has 2 atom stereocenters. The van der Waals surface area contributed by atoms with Crippen LogP contribution in [0.3, 0.4) is 0 Å². The van der Waals surface area contributed by atoms with Gasteiger partial charge in [0.25, 0.3) is 0 Å². The molecule has 4 rings (SSSR count). The number of hydrogen-bond donors (Lipinski definition) is 1. The summed E-state index contributed by atoms with van der Waals surface area (Å²) in [6.45, 7) is 12.6. The zero-order valence-corrected chi connectivity index (χ0v) is 12.8. The Hall–Kier alpha value is -0.120. The van der Waals surface area contributed by atoms with Crippen molar-refractivity contribution in [1.29, 1.82) is 0 Å². The van der Waals surface area contributed by atoms with E-state index in [1.807, 2.05) is 0 Å². The molecule has 3 nitrogen and oxygen atoms in total. The van der Waals surface area contributed by atoms with Gasteiger partial charge in [-0.3, -0.25) is 4.90 Å². The van der Waals surface area contributed by atoms with Crippen molar-refractivity contribution in [2.75, 3.05) is 39.3 Å². The fourth-order valence-electron chi connectivity index (χ4n) is 4.40. The Kier molecular flexibility index (Phi) is 4.45. The lowest BCUT2D eigenvalue weighted by molar-refractivity contribution is 0.00405. The molecule has 4 fully saturated rings. The van der Waals surface area contributed by atoms with Gasteiger partial charge in [0.15, 0.2) is 0 Å². The second kappa shape index (κ2) is 6.11. The smallest absolute Gasteiger partial charge is 0.0253 e. The number of piperidine rings is 3. The summed E-state index contributed by atoms with van der Waals surface area (Å²) in [7, 11) is 0. The second-order valence-corrected chi connectivity index (χ2v) is 7.33. The van der Waals surface area contributed by atoms with Crippen molar-refractivity contribution in [2.45, 2.75) is 51.6 Å². The van der Waals surface area contributed by atoms with Crippen molar-refractivity contribution in [2.24, 2.45) is 11.8 Å². The minimum atomic E-state index is 0.720. The summed E-state index contributed by atoms with van der Waals surface area (Å²) in [4.78, 5) is 5.53. The molecule has 19 heavy (non-hydrogen) atoms. The first-order valence-electron chi connectivity index (χ1n) is 8.42. The topological polar surface area (TPSA) is 18.5 Å². The monoisotopic (exact) mass is 265 g/mol. The molecule has 0 saturated carbocycles. The lowest BCUT2D eigenvalue weighted by atomic mass is 9.83. The average Bonchev–Trinajstić information content (AvgIpc) is 2.65. The number of nitrogens with one attached hydrogen (secondary N) is 1. The van der Waals surface area contributed by atoms with E-state index in [-0.39, 0.29) is 0 Å². The van der Waals surface area contributed by atoms with Gasteiger partial charge in [-0.15, -0.1) is 0 Å². The molecule has 0 aromatic heterocycles. The zero-order chi connectivity index (χ0) is 13.2. The van der Waals surface area contributed by atoms with Gasteiger partial charge in [0.1, 0.15) is 0 Å². The van der Waals surface area contributed by atoms with Gasteiger partial charge >= 0.3 is 0 Å². The molecule has 0 spiro atoms. The van der Waals surface area contributed by atoms with E-state index in [0.717, 1.165) is 23.9 Å². The summed E-state index contributed by atoms with van der Waals surface area (Å²) in [5.41, 5.74) is 0. The van der Waals surface area contributed by atoms with Gasteiger partial charge in [-0.1, -0.05) is 13.8 Å². The van der Waals surface area contributed by atoms with Crippen LogP contribution in [-0.4, -0.2) is 61.2 Å². The van der Waals surface area contributed by atoms with Crippen LogP contribution in [0.2, 0.25) is 0 Å². The molecule has 4 saturated heterocycles. The third-order valence-corrected chi connectivity index (χ3v) is 5.36. The van der Waals surface area contributed by atoms with Crippen LogP contribution in [-0.2, 0) is 0 Å². The summed E-state index contributed by atoms with van der Waals surface area (Å²) in [5, 5.41) is 3.77. The van der Waals surface area contributed by atoms with Gasteiger partial charge in [-0.2, -0.15) is 0 Å². The molecule has 110 valence electrons. The van der Waals surface area contributed by atoms with Crippen molar-refractivity contribution >= 4 is 0 Å². The number of hydrogen-bond acceptors (Lipinski definition) is 3. The van der Waals surface area contributed by atoms with Crippen LogP contribution in [0.5, 0.6) is 0 Å². The Labute approximate surface area is 118 Å². The van der Waals surface area contributed by atoms with Crippen molar-refractivity contribution in [3.05, 3.63) is 0 Å². The highest BCUT2D eigenvalue weighted by Gasteiger charge is 2.38. The fraction of sp³-hybridized carbons (Fsp3) is 1.00. The van der Waals surface area contributed by atoms with E-state index >= 15 is 0 Å². The minimum absolute atomic E-state index is 0.720. The molecule has 1 N–H and O–H groups in total. The van der Waals surface area contributed by atoms with Crippen molar-refractivity contribution in [1.82, 2.24) is 15.1 Å². The first-order valence-corrected chi connectivity index (χ1v) is 8.42. The molecule has 2 bridgehead atoms. The van der Waals surface area contributed by atoms with Gasteiger partial charge in [-0.05, 0) is 63.7 Å². The third-order valence-electron chi connectivity index (χ3n) is 5.36. The van der Waals surface area contributed by atoms with Gasteiger partial charge < -0.3 is 10.2 Å². The number of fused-ring (bicyclic) bond motifs is 3. The van der Waals surface area contributed by atoms with Crippen molar-refractivity contribution in [3.8, 4) is 0 Å². The van der Waals surface area contributed by atoms with E-state index in [1.165, 1.54) is 65.0 Å². The molecule has 2 unspecified atom stereocenters. The van der Waals surface area contributed by atoms with E-state index < -0.39 is 0 Å². The van der Waals surface area contributed by atoms with Crippen LogP contribution in [0, 0.1) is 11.8 Å². The maximum absolute atomic E-state index is 3.77. The van der Waals surface area contributed by atoms with Gasteiger partial charge in [0, 0.05) is 25.2 Å². The first-order chi connectivity index (χ1) is 9.22. The normalized spacial score (nSPS) is 40.6. The molecule has 0 amide bonds. The Balaban J connectivity index is 1.62. The molecule has 0 aliphatic carbocycles. The SMILES string of the molecule is CC(C)CC1CN(C2CN3CCC2CC3)CCCN1. The van der Waals surface area contributed by atoms with E-state index in [2.05, 4.69) is 29.0 Å². The standard InChI is InChI=1S/C16H31N3/c1-13(2)10-15-11-19(7-3-6-17-15)16-12-18-8-4-14(16)5-9-18/h13-17H,3-12H2,1-2H3. The van der Waals surface area contributed by atoms with E-state index in [9.17, 15) is 0 Å². The first kappa shape index (κ1) is 13.8. The summed E-state index contributed by atoms with van der Waals surface area (Å²) in [6, 6.07) is 1.58. The molecular formula is C16H31N3. The Morgan fingerprint density at radius 3 is 2.53 bits per heavy atom. The van der Waals surface area contributed by atoms with E-state index in [1.54, 1.807) is 0 Å². The zero-order valence-electron chi connectivity index (χ0n) is 12.8. The molecule has 0 aromatic carbocycles. The lowest BCUT2D eigenvalue weighted by Crippen LogP contribution is -2.58. The van der Waals surface area contributed by atoms with Crippen LogP contribution in [0.1, 0.15) is 39.5 Å². The fourth-order valence-corrected chi connectivity index (χ4v) is 4.40. The second-order valence-electron chi connectivity index (χ2n) is 7.33. The van der Waals surface area contributed by atoms with Crippen LogP contribution in [0.15, 0.2) is 0 Å². The summed E-state index contributed by atoms with van der Waals surface area (Å²) in [6.07, 6.45) is 5.56. The minimum Gasteiger partial charge on any atom is -0.313 e. The van der Waals surface area contributed by atoms with E-state index in [0.29, 0.717) is 0 Å². The summed E-state index contributed by atoms with van der Waals surface area (Å²) >= 11 is 0. The molecule has 4 aliphatic heterocycles. The summed E-state index contributed by atoms with van der Waals surface area (Å²) < 4.78 is 0. The van der Waals surface area contributed by atoms with Gasteiger partial charge in [0.2, 0.25) is 0 Å². The highest BCUT2D eigenvalue weighted by molar-refractivity contribution is 4.94. The van der Waals surface area contributed by atoms with Crippen LogP contribution in [0.4, 0.5) is 0 Å². The third kappa shape index (κ3) is 3.32. The lowest BCUT2D eigenvalue weighted by Gasteiger charge is -2.49. The maximum Gasteiger partial charge on any atom is 0.0253 e. The number of nitrogens with zero attached hydrogens (tertiary/aromatic N) is 2. The van der Waals surface area contributed by atoms with Crippen molar-refractivity contribution in [3.63, 3.8) is 0 Å². The summed E-state index contributed by atoms with van der Waals surface area (Å²) in [5.74, 6) is 1.80. The van der Waals surface area contributed by atoms with Crippen LogP contribution < -0.4 is 5.32 Å². The Morgan fingerprint density at radius 1 is 1.11 bits per heavy atom. The predicted octanol–water partition coefficient (Wildman–Crippen LogP) is 1.79. The van der Waals surface area contributed by atoms with Gasteiger partial charge in [-0.25, -0.2) is 0 Å². The largest absolute Gasteiger partial charge is 0.313 e. The maximum atomic E-state index is 3.77. The molecule has 0 radical (unpaired) electrons. The van der Waals surface area contributed by atoms with Crippen LogP contribution in [0.25, 0.3) is 0 Å². The molecule has 4 heterocycles. The quantitative estimate of drug-likeness (QED) is 0.839. The van der Waals surface area contributed by atoms with Gasteiger partial charge in [0.05, 0.1) is 0 Å². The molecule has 4 aliphatic rings. The Bertz CT molecular complexity index is 284. The molecular weight excluding hydrogens is 234 g/mol. The molecule has 0 aromatic rings. The van der Waals surface area contributed by atoms with Crippen LogP contribution >= 0.6 is 0 Å².